The largest absolute Gasteiger partial charge is 0.334 e. The molecule has 1 aliphatic rings. The average Bonchev–Trinajstić information content (AvgIpc) is 3.00. The number of urea groups is 1. The molecule has 0 radical (unpaired) electrons. The molecular formula is C27H26N4O3S. The maximum atomic E-state index is 13.0. The molecule has 7 nitrogen and oxygen atoms in total. The molecule has 0 bridgehead atoms. The molecule has 4 rings (SSSR count). The monoisotopic (exact) mass is 486 g/mol. The quantitative estimate of drug-likeness (QED) is 0.470. The number of anilines is 1. The first-order chi connectivity index (χ1) is 17.0. The number of thioether (sulfide) groups is 1. The fraction of sp³-hybridized carbons (Fsp3) is 0.185. The van der Waals surface area contributed by atoms with E-state index in [0.29, 0.717) is 23.6 Å². The topological polar surface area (TPSA) is 99.7 Å². The first kappa shape index (κ1) is 24.2. The van der Waals surface area contributed by atoms with Gasteiger partial charge in [0.2, 0.25) is 6.17 Å². The Balaban J connectivity index is 1.54. The maximum Gasteiger partial charge on any atom is 0.317 e. The zero-order valence-electron chi connectivity index (χ0n) is 19.2. The second kappa shape index (κ2) is 11.5. The number of hydrogen-bond donors (Lipinski definition) is 3. The lowest BCUT2D eigenvalue weighted by molar-refractivity contribution is -0.117. The van der Waals surface area contributed by atoms with E-state index in [-0.39, 0.29) is 11.2 Å². The van der Waals surface area contributed by atoms with Gasteiger partial charge < -0.3 is 16.0 Å². The molecular weight excluding hydrogens is 460 g/mol. The predicted octanol–water partition coefficient (Wildman–Crippen LogP) is 3.99. The number of benzodiazepines with no additional fused rings is 1. The van der Waals surface area contributed by atoms with E-state index >= 15 is 0 Å². The number of carbonyl (C=O) groups is 3. The summed E-state index contributed by atoms with van der Waals surface area (Å²) in [6.07, 6.45) is -0.578. The summed E-state index contributed by atoms with van der Waals surface area (Å²) in [6, 6.07) is 25.8. The van der Waals surface area contributed by atoms with Crippen LogP contribution in [-0.2, 0) is 16.0 Å². The molecule has 8 heteroatoms. The van der Waals surface area contributed by atoms with Crippen LogP contribution in [0.25, 0.3) is 0 Å². The van der Waals surface area contributed by atoms with Crippen molar-refractivity contribution in [3.8, 4) is 0 Å². The molecule has 3 N–H and O–H groups in total. The van der Waals surface area contributed by atoms with Crippen molar-refractivity contribution in [2.45, 2.75) is 25.6 Å². The molecule has 0 aromatic heterocycles. The van der Waals surface area contributed by atoms with Gasteiger partial charge in [-0.05, 0) is 18.1 Å². The van der Waals surface area contributed by atoms with Crippen molar-refractivity contribution in [3.05, 3.63) is 102 Å². The third kappa shape index (κ3) is 6.58. The molecule has 178 valence electrons. The Morgan fingerprint density at radius 3 is 2.34 bits per heavy atom. The molecule has 0 aliphatic carbocycles. The number of nitrogens with zero attached hydrogens (tertiary/aromatic N) is 1. The van der Waals surface area contributed by atoms with Crippen molar-refractivity contribution >= 4 is 40.2 Å². The van der Waals surface area contributed by atoms with E-state index in [1.807, 2.05) is 84.9 Å². The van der Waals surface area contributed by atoms with E-state index in [0.717, 1.165) is 28.5 Å². The lowest BCUT2D eigenvalue weighted by Crippen LogP contribution is -2.50. The van der Waals surface area contributed by atoms with Crippen LogP contribution in [0.15, 0.2) is 89.9 Å². The number of benzene rings is 3. The van der Waals surface area contributed by atoms with E-state index in [4.69, 9.17) is 0 Å². The number of fused-ring (bicyclic) bond motifs is 1. The van der Waals surface area contributed by atoms with Gasteiger partial charge in [0.05, 0.1) is 11.4 Å². The smallest absolute Gasteiger partial charge is 0.317 e. The zero-order valence-corrected chi connectivity index (χ0v) is 20.0. The van der Waals surface area contributed by atoms with Crippen LogP contribution in [0.3, 0.4) is 0 Å². The number of carbonyl (C=O) groups excluding carboxylic acids is 3. The highest BCUT2D eigenvalue weighted by Crippen LogP contribution is 2.23. The molecule has 35 heavy (non-hydrogen) atoms. The lowest BCUT2D eigenvalue weighted by Gasteiger charge is -2.20. The van der Waals surface area contributed by atoms with E-state index in [2.05, 4.69) is 20.9 Å². The Bertz CT molecular complexity index is 1230. The summed E-state index contributed by atoms with van der Waals surface area (Å²) in [5.74, 6) is -0.0189. The minimum Gasteiger partial charge on any atom is -0.334 e. The number of amides is 3. The van der Waals surface area contributed by atoms with Gasteiger partial charge in [-0.15, -0.1) is 0 Å². The van der Waals surface area contributed by atoms with Crippen LogP contribution in [0.2, 0.25) is 0 Å². The van der Waals surface area contributed by atoms with Gasteiger partial charge in [-0.3, -0.25) is 9.59 Å². The van der Waals surface area contributed by atoms with Crippen molar-refractivity contribution in [1.82, 2.24) is 10.6 Å². The minimum atomic E-state index is -1.13. The molecule has 2 unspecified atom stereocenters. The third-order valence-electron chi connectivity index (χ3n) is 5.41. The van der Waals surface area contributed by atoms with Gasteiger partial charge in [-0.25, -0.2) is 9.79 Å². The highest BCUT2D eigenvalue weighted by atomic mass is 32.2. The first-order valence-electron chi connectivity index (χ1n) is 11.3. The second-order valence-electron chi connectivity index (χ2n) is 8.09. The van der Waals surface area contributed by atoms with Gasteiger partial charge in [0.1, 0.15) is 0 Å². The number of nitrogens with one attached hydrogen (secondary N) is 3. The number of para-hydroxylation sites is 1. The summed E-state index contributed by atoms with van der Waals surface area (Å²) >= 11 is 1.15. The SMILES string of the molecule is CC(=O)SCC(Cc1ccccc1)NC(=O)NC1N=C(c2ccccc2)c2ccccc2NC1=O. The summed E-state index contributed by atoms with van der Waals surface area (Å²) in [6.45, 7) is 1.50. The fourth-order valence-corrected chi connectivity index (χ4v) is 4.44. The van der Waals surface area contributed by atoms with Gasteiger partial charge in [0.25, 0.3) is 5.91 Å². The molecule has 3 aromatic carbocycles. The maximum absolute atomic E-state index is 13.0. The summed E-state index contributed by atoms with van der Waals surface area (Å²) in [5, 5.41) is 8.46. The molecule has 3 aromatic rings. The number of aliphatic imine (C=N–C) groups is 1. The second-order valence-corrected chi connectivity index (χ2v) is 9.29. The van der Waals surface area contributed by atoms with Gasteiger partial charge in [-0.2, -0.15) is 0 Å². The third-order valence-corrected chi connectivity index (χ3v) is 6.39. The minimum absolute atomic E-state index is 0.0247. The van der Waals surface area contributed by atoms with Crippen LogP contribution >= 0.6 is 11.8 Å². The molecule has 0 spiro atoms. The van der Waals surface area contributed by atoms with Gasteiger partial charge in [0.15, 0.2) is 5.12 Å². The van der Waals surface area contributed by atoms with Crippen LogP contribution in [0.1, 0.15) is 23.6 Å². The van der Waals surface area contributed by atoms with E-state index in [1.54, 1.807) is 0 Å². The van der Waals surface area contributed by atoms with Gasteiger partial charge in [0, 0.05) is 29.8 Å². The number of rotatable bonds is 7. The van der Waals surface area contributed by atoms with Crippen LogP contribution in [0.4, 0.5) is 10.5 Å². The van der Waals surface area contributed by atoms with E-state index in [9.17, 15) is 14.4 Å². The van der Waals surface area contributed by atoms with Crippen LogP contribution in [0.5, 0.6) is 0 Å². The lowest BCUT2D eigenvalue weighted by atomic mass is 10.0. The van der Waals surface area contributed by atoms with Crippen LogP contribution in [-0.4, -0.2) is 40.7 Å². The first-order valence-corrected chi connectivity index (χ1v) is 12.3. The van der Waals surface area contributed by atoms with Crippen molar-refractivity contribution in [1.29, 1.82) is 0 Å². The molecule has 2 atom stereocenters. The Labute approximate surface area is 208 Å². The predicted molar refractivity (Wildman–Crippen MR) is 140 cm³/mol. The Hall–Kier alpha value is -3.91. The molecule has 1 aliphatic heterocycles. The summed E-state index contributed by atoms with van der Waals surface area (Å²) in [7, 11) is 0. The van der Waals surface area contributed by atoms with E-state index in [1.165, 1.54) is 6.92 Å². The van der Waals surface area contributed by atoms with Crippen molar-refractivity contribution in [2.75, 3.05) is 11.1 Å². The van der Waals surface area contributed by atoms with Crippen LogP contribution in [0, 0.1) is 0 Å². The molecule has 0 saturated carbocycles. The molecule has 0 saturated heterocycles. The Morgan fingerprint density at radius 2 is 1.63 bits per heavy atom. The normalized spacial score (nSPS) is 15.6. The summed E-state index contributed by atoms with van der Waals surface area (Å²) in [5.41, 5.74) is 3.89. The van der Waals surface area contributed by atoms with Gasteiger partial charge in [-0.1, -0.05) is 90.6 Å². The highest BCUT2D eigenvalue weighted by molar-refractivity contribution is 8.13. The average molecular weight is 487 g/mol. The Morgan fingerprint density at radius 1 is 0.971 bits per heavy atom. The van der Waals surface area contributed by atoms with Crippen molar-refractivity contribution in [2.24, 2.45) is 4.99 Å². The van der Waals surface area contributed by atoms with Crippen LogP contribution < -0.4 is 16.0 Å². The molecule has 0 fully saturated rings. The zero-order chi connectivity index (χ0) is 24.6. The highest BCUT2D eigenvalue weighted by Gasteiger charge is 2.27. The van der Waals surface area contributed by atoms with E-state index < -0.39 is 18.1 Å². The molecule has 1 heterocycles. The Kier molecular flexibility index (Phi) is 7.95. The van der Waals surface area contributed by atoms with Gasteiger partial charge >= 0.3 is 6.03 Å². The summed E-state index contributed by atoms with van der Waals surface area (Å²) < 4.78 is 0. The number of hydrogen-bond acceptors (Lipinski definition) is 5. The fourth-order valence-electron chi connectivity index (χ4n) is 3.80. The van der Waals surface area contributed by atoms with Crippen molar-refractivity contribution in [3.63, 3.8) is 0 Å². The molecule has 3 amide bonds. The standard InChI is InChI=1S/C27H26N4O3S/c1-18(32)35-17-21(16-19-10-4-2-5-11-19)28-27(34)31-25-26(33)29-23-15-9-8-14-22(23)24(30-25)20-12-6-3-7-13-20/h2-15,21,25H,16-17H2,1H3,(H,29,33)(H2,28,31,34). The van der Waals surface area contributed by atoms with Crippen molar-refractivity contribution < 1.29 is 14.4 Å². The summed E-state index contributed by atoms with van der Waals surface area (Å²) in [4.78, 5) is 42.1.